The van der Waals surface area contributed by atoms with E-state index < -0.39 is 0 Å². The highest BCUT2D eigenvalue weighted by Crippen LogP contribution is 2.24. The molecule has 0 unspecified atom stereocenters. The molecule has 2 aromatic rings. The Morgan fingerprint density at radius 3 is 2.60 bits per heavy atom. The first-order valence-electron chi connectivity index (χ1n) is 6.70. The molecule has 0 radical (unpaired) electrons. The van der Waals surface area contributed by atoms with Gasteiger partial charge in [-0.3, -0.25) is 9.69 Å². The van der Waals surface area contributed by atoms with E-state index in [0.29, 0.717) is 11.6 Å². The Morgan fingerprint density at radius 1 is 1.25 bits per heavy atom. The highest BCUT2D eigenvalue weighted by molar-refractivity contribution is 6.06. The molecule has 0 aliphatic carbocycles. The molecule has 106 valence electrons. The maximum Gasteiger partial charge on any atom is 0.297 e. The third kappa shape index (κ3) is 2.66. The van der Waals surface area contributed by atoms with Crippen molar-refractivity contribution in [2.45, 2.75) is 13.8 Å². The highest BCUT2D eigenvalue weighted by atomic mass is 16.3. The summed E-state index contributed by atoms with van der Waals surface area (Å²) in [6.45, 7) is 5.74. The zero-order valence-corrected chi connectivity index (χ0v) is 12.0. The van der Waals surface area contributed by atoms with E-state index in [0.717, 1.165) is 18.8 Å². The van der Waals surface area contributed by atoms with Crippen LogP contribution in [0.5, 0.6) is 0 Å². The summed E-state index contributed by atoms with van der Waals surface area (Å²) < 4.78 is 5.39. The monoisotopic (exact) mass is 273 g/mol. The zero-order valence-electron chi connectivity index (χ0n) is 12.0. The number of hydrogen-bond donors (Lipinski definition) is 0. The van der Waals surface area contributed by atoms with Crippen LogP contribution in [0, 0.1) is 0 Å². The number of anilines is 2. The standard InChI is InChI=1S/C15H19N3O2/c1-4-18(5-2)12-9-11-20-14(12)15(19)17(3)13-8-6-7-10-16-13/h6-11H,4-5H2,1-3H3. The maximum absolute atomic E-state index is 12.5. The third-order valence-corrected chi connectivity index (χ3v) is 3.24. The van der Waals surface area contributed by atoms with Crippen LogP contribution in [0.1, 0.15) is 24.4 Å². The van der Waals surface area contributed by atoms with E-state index in [-0.39, 0.29) is 5.91 Å². The lowest BCUT2D eigenvalue weighted by atomic mass is 10.3. The van der Waals surface area contributed by atoms with Gasteiger partial charge in [0, 0.05) is 32.4 Å². The first-order chi connectivity index (χ1) is 9.69. The number of furan rings is 1. The lowest BCUT2D eigenvalue weighted by molar-refractivity contribution is 0.0966. The van der Waals surface area contributed by atoms with Crippen molar-refractivity contribution in [2.24, 2.45) is 0 Å². The molecule has 0 N–H and O–H groups in total. The minimum Gasteiger partial charge on any atom is -0.457 e. The molecule has 2 aromatic heterocycles. The molecule has 2 heterocycles. The summed E-state index contributed by atoms with van der Waals surface area (Å²) >= 11 is 0. The minimum atomic E-state index is -0.199. The summed E-state index contributed by atoms with van der Waals surface area (Å²) in [4.78, 5) is 20.3. The van der Waals surface area contributed by atoms with E-state index in [9.17, 15) is 4.79 Å². The van der Waals surface area contributed by atoms with E-state index in [2.05, 4.69) is 9.88 Å². The van der Waals surface area contributed by atoms with Gasteiger partial charge in [0.25, 0.3) is 5.91 Å². The average Bonchev–Trinajstić information content (AvgIpc) is 2.97. The molecule has 0 aliphatic rings. The molecule has 0 atom stereocenters. The van der Waals surface area contributed by atoms with Crippen molar-refractivity contribution in [2.75, 3.05) is 29.9 Å². The number of carbonyl (C=O) groups is 1. The van der Waals surface area contributed by atoms with E-state index >= 15 is 0 Å². The molecule has 0 aromatic carbocycles. The first-order valence-corrected chi connectivity index (χ1v) is 6.70. The van der Waals surface area contributed by atoms with E-state index in [4.69, 9.17) is 4.42 Å². The second kappa shape index (κ2) is 6.23. The smallest absolute Gasteiger partial charge is 0.297 e. The van der Waals surface area contributed by atoms with Crippen molar-refractivity contribution < 1.29 is 9.21 Å². The number of aromatic nitrogens is 1. The predicted molar refractivity (Wildman–Crippen MR) is 79.2 cm³/mol. The number of hydrogen-bond acceptors (Lipinski definition) is 4. The summed E-state index contributed by atoms with van der Waals surface area (Å²) in [5.74, 6) is 0.747. The van der Waals surface area contributed by atoms with Crippen LogP contribution in [-0.2, 0) is 0 Å². The normalized spacial score (nSPS) is 10.3. The van der Waals surface area contributed by atoms with Gasteiger partial charge in [0.15, 0.2) is 0 Å². The van der Waals surface area contributed by atoms with Crippen LogP contribution >= 0.6 is 0 Å². The van der Waals surface area contributed by atoms with Crippen molar-refractivity contribution in [3.8, 4) is 0 Å². The van der Waals surface area contributed by atoms with Gasteiger partial charge in [0.2, 0.25) is 5.76 Å². The summed E-state index contributed by atoms with van der Waals surface area (Å²) in [6, 6.07) is 7.28. The summed E-state index contributed by atoms with van der Waals surface area (Å²) in [5, 5.41) is 0. The van der Waals surface area contributed by atoms with Gasteiger partial charge in [-0.15, -0.1) is 0 Å². The Balaban J connectivity index is 2.28. The van der Waals surface area contributed by atoms with Crippen molar-refractivity contribution in [1.29, 1.82) is 0 Å². The molecule has 2 rings (SSSR count). The van der Waals surface area contributed by atoms with Crippen LogP contribution < -0.4 is 9.80 Å². The van der Waals surface area contributed by atoms with Crippen molar-refractivity contribution >= 4 is 17.4 Å². The summed E-state index contributed by atoms with van der Waals surface area (Å²) in [6.07, 6.45) is 3.21. The van der Waals surface area contributed by atoms with Gasteiger partial charge in [0.05, 0.1) is 12.0 Å². The van der Waals surface area contributed by atoms with Gasteiger partial charge in [-0.1, -0.05) is 6.07 Å². The molecule has 0 spiro atoms. The molecular formula is C15H19N3O2. The van der Waals surface area contributed by atoms with Crippen LogP contribution in [0.3, 0.4) is 0 Å². The molecule has 0 saturated heterocycles. The fourth-order valence-corrected chi connectivity index (χ4v) is 2.08. The van der Waals surface area contributed by atoms with Gasteiger partial charge in [-0.05, 0) is 26.0 Å². The minimum absolute atomic E-state index is 0.199. The molecule has 0 bridgehead atoms. The second-order valence-electron chi connectivity index (χ2n) is 4.36. The Kier molecular flexibility index (Phi) is 4.40. The van der Waals surface area contributed by atoms with Crippen LogP contribution in [0.25, 0.3) is 0 Å². The summed E-state index contributed by atoms with van der Waals surface area (Å²) in [7, 11) is 1.69. The SMILES string of the molecule is CCN(CC)c1ccoc1C(=O)N(C)c1ccccn1. The Labute approximate surface area is 118 Å². The van der Waals surface area contributed by atoms with Gasteiger partial charge in [-0.2, -0.15) is 0 Å². The van der Waals surface area contributed by atoms with Gasteiger partial charge in [0.1, 0.15) is 5.82 Å². The van der Waals surface area contributed by atoms with Crippen molar-refractivity contribution in [1.82, 2.24) is 4.98 Å². The lowest BCUT2D eigenvalue weighted by Gasteiger charge is -2.21. The second-order valence-corrected chi connectivity index (χ2v) is 4.36. The van der Waals surface area contributed by atoms with Crippen LogP contribution in [-0.4, -0.2) is 31.0 Å². The Bertz CT molecular complexity index is 562. The number of carbonyl (C=O) groups excluding carboxylic acids is 1. The largest absolute Gasteiger partial charge is 0.457 e. The predicted octanol–water partition coefficient (Wildman–Crippen LogP) is 2.80. The topological polar surface area (TPSA) is 49.6 Å². The molecule has 1 amide bonds. The molecule has 0 fully saturated rings. The van der Waals surface area contributed by atoms with Crippen molar-refractivity contribution in [3.63, 3.8) is 0 Å². The van der Waals surface area contributed by atoms with Crippen molar-refractivity contribution in [3.05, 3.63) is 42.5 Å². The van der Waals surface area contributed by atoms with Crippen LogP contribution in [0.2, 0.25) is 0 Å². The van der Waals surface area contributed by atoms with Crippen LogP contribution in [0.15, 0.2) is 41.1 Å². The zero-order chi connectivity index (χ0) is 14.5. The average molecular weight is 273 g/mol. The summed E-state index contributed by atoms with van der Waals surface area (Å²) in [5.41, 5.74) is 0.822. The number of nitrogens with zero attached hydrogens (tertiary/aromatic N) is 3. The molecule has 0 aliphatic heterocycles. The van der Waals surface area contributed by atoms with E-state index in [1.807, 2.05) is 32.0 Å². The van der Waals surface area contributed by atoms with E-state index in [1.54, 1.807) is 25.6 Å². The maximum atomic E-state index is 12.5. The molecular weight excluding hydrogens is 254 g/mol. The lowest BCUT2D eigenvalue weighted by Crippen LogP contribution is -2.30. The van der Waals surface area contributed by atoms with Gasteiger partial charge >= 0.3 is 0 Å². The number of amides is 1. The van der Waals surface area contributed by atoms with Gasteiger partial charge < -0.3 is 9.32 Å². The van der Waals surface area contributed by atoms with Crippen LogP contribution in [0.4, 0.5) is 11.5 Å². The highest BCUT2D eigenvalue weighted by Gasteiger charge is 2.23. The third-order valence-electron chi connectivity index (χ3n) is 3.24. The van der Waals surface area contributed by atoms with E-state index in [1.165, 1.54) is 4.90 Å². The molecule has 5 heteroatoms. The van der Waals surface area contributed by atoms with Gasteiger partial charge in [-0.25, -0.2) is 4.98 Å². The Morgan fingerprint density at radius 2 is 2.00 bits per heavy atom. The molecule has 5 nitrogen and oxygen atoms in total. The fourth-order valence-electron chi connectivity index (χ4n) is 2.08. The quantitative estimate of drug-likeness (QED) is 0.840. The molecule has 0 saturated carbocycles. The number of rotatable bonds is 5. The number of pyridine rings is 1. The first kappa shape index (κ1) is 14.1. The molecule has 20 heavy (non-hydrogen) atoms. The Hall–Kier alpha value is -2.30. The fraction of sp³-hybridized carbons (Fsp3) is 0.333.